The molecule has 0 unspecified atom stereocenters. The Morgan fingerprint density at radius 1 is 1.35 bits per heavy atom. The molecule has 88 valence electrons. The Bertz CT molecular complexity index is 573. The van der Waals surface area contributed by atoms with Gasteiger partial charge in [0.2, 0.25) is 0 Å². The molecule has 0 aliphatic heterocycles. The van der Waals surface area contributed by atoms with Gasteiger partial charge in [-0.3, -0.25) is 4.68 Å². The van der Waals surface area contributed by atoms with E-state index in [9.17, 15) is 9.18 Å². The van der Waals surface area contributed by atoms with Gasteiger partial charge in [-0.05, 0) is 31.2 Å². The molecule has 4 nitrogen and oxygen atoms in total. The Morgan fingerprint density at radius 3 is 2.47 bits per heavy atom. The van der Waals surface area contributed by atoms with Gasteiger partial charge in [-0.2, -0.15) is 5.10 Å². The molecule has 0 saturated heterocycles. The van der Waals surface area contributed by atoms with Crippen molar-refractivity contribution >= 4 is 5.97 Å². The Kier molecular flexibility index (Phi) is 2.67. The first kappa shape index (κ1) is 11.3. The van der Waals surface area contributed by atoms with Crippen molar-refractivity contribution in [2.45, 2.75) is 6.92 Å². The standard InChI is InChI=1S/C12H11FN2O2/c1-7-10(12(16)17)11(15(2)14-7)8-3-5-9(13)6-4-8/h3-6H,1-2H3,(H,16,17). The molecule has 17 heavy (non-hydrogen) atoms. The van der Waals surface area contributed by atoms with Crippen LogP contribution in [0.15, 0.2) is 24.3 Å². The predicted octanol–water partition coefficient (Wildman–Crippen LogP) is 2.23. The van der Waals surface area contributed by atoms with Crippen molar-refractivity contribution in [3.05, 3.63) is 41.3 Å². The number of halogens is 1. The third-order valence-corrected chi connectivity index (χ3v) is 2.55. The first-order valence-corrected chi connectivity index (χ1v) is 5.03. The minimum Gasteiger partial charge on any atom is -0.478 e. The quantitative estimate of drug-likeness (QED) is 0.866. The van der Waals surface area contributed by atoms with Crippen molar-refractivity contribution in [2.75, 3.05) is 0 Å². The van der Waals surface area contributed by atoms with Crippen LogP contribution in [0.2, 0.25) is 0 Å². The summed E-state index contributed by atoms with van der Waals surface area (Å²) >= 11 is 0. The molecule has 0 spiro atoms. The summed E-state index contributed by atoms with van der Waals surface area (Å²) in [6, 6.07) is 5.67. The van der Waals surface area contributed by atoms with Gasteiger partial charge >= 0.3 is 5.97 Å². The molecule has 2 rings (SSSR count). The van der Waals surface area contributed by atoms with E-state index in [1.165, 1.54) is 28.9 Å². The first-order chi connectivity index (χ1) is 8.00. The lowest BCUT2D eigenvalue weighted by Crippen LogP contribution is -2.01. The monoisotopic (exact) mass is 234 g/mol. The van der Waals surface area contributed by atoms with Gasteiger partial charge < -0.3 is 5.11 Å². The second kappa shape index (κ2) is 4.01. The van der Waals surface area contributed by atoms with E-state index in [1.807, 2.05) is 0 Å². The lowest BCUT2D eigenvalue weighted by molar-refractivity contribution is 0.0697. The lowest BCUT2D eigenvalue weighted by Gasteiger charge is -2.03. The van der Waals surface area contributed by atoms with Gasteiger partial charge in [-0.15, -0.1) is 0 Å². The summed E-state index contributed by atoms with van der Waals surface area (Å²) in [5.41, 5.74) is 1.71. The van der Waals surface area contributed by atoms with Gasteiger partial charge in [-0.1, -0.05) is 0 Å². The summed E-state index contributed by atoms with van der Waals surface area (Å²) in [5.74, 6) is -1.39. The maximum Gasteiger partial charge on any atom is 0.339 e. The van der Waals surface area contributed by atoms with Crippen molar-refractivity contribution in [3.63, 3.8) is 0 Å². The average molecular weight is 234 g/mol. The molecule has 0 bridgehead atoms. The number of aryl methyl sites for hydroxylation is 2. The van der Waals surface area contributed by atoms with Crippen LogP contribution in [0.25, 0.3) is 11.3 Å². The number of carbonyl (C=O) groups is 1. The van der Waals surface area contributed by atoms with E-state index < -0.39 is 5.97 Å². The maximum absolute atomic E-state index is 12.8. The molecule has 0 atom stereocenters. The molecule has 0 aliphatic carbocycles. The Labute approximate surface area is 97.3 Å². The second-order valence-electron chi connectivity index (χ2n) is 3.74. The predicted molar refractivity (Wildman–Crippen MR) is 60.3 cm³/mol. The van der Waals surface area contributed by atoms with Crippen LogP contribution in [0.5, 0.6) is 0 Å². The van der Waals surface area contributed by atoms with Crippen molar-refractivity contribution in [3.8, 4) is 11.3 Å². The highest BCUT2D eigenvalue weighted by molar-refractivity contribution is 5.96. The zero-order valence-corrected chi connectivity index (χ0v) is 9.44. The normalized spacial score (nSPS) is 10.5. The third-order valence-electron chi connectivity index (χ3n) is 2.55. The molecular formula is C12H11FN2O2. The molecule has 0 aliphatic rings. The van der Waals surface area contributed by atoms with Crippen LogP contribution < -0.4 is 0 Å². The van der Waals surface area contributed by atoms with Crippen LogP contribution in [0.4, 0.5) is 4.39 Å². The van der Waals surface area contributed by atoms with Crippen LogP contribution in [-0.4, -0.2) is 20.9 Å². The summed E-state index contributed by atoms with van der Waals surface area (Å²) in [6.07, 6.45) is 0. The summed E-state index contributed by atoms with van der Waals surface area (Å²) in [7, 11) is 1.66. The topological polar surface area (TPSA) is 55.1 Å². The molecule has 0 fully saturated rings. The van der Waals surface area contributed by atoms with Crippen LogP contribution in [0.3, 0.4) is 0 Å². The van der Waals surface area contributed by atoms with E-state index in [0.717, 1.165) is 0 Å². The number of aromatic carboxylic acids is 1. The molecular weight excluding hydrogens is 223 g/mol. The van der Waals surface area contributed by atoms with Gasteiger partial charge in [0, 0.05) is 12.6 Å². The average Bonchev–Trinajstić information content (AvgIpc) is 2.55. The molecule has 1 N–H and O–H groups in total. The number of rotatable bonds is 2. The highest BCUT2D eigenvalue weighted by Crippen LogP contribution is 2.25. The zero-order chi connectivity index (χ0) is 12.6. The SMILES string of the molecule is Cc1nn(C)c(-c2ccc(F)cc2)c1C(=O)O. The van der Waals surface area contributed by atoms with Gasteiger partial charge in [0.15, 0.2) is 0 Å². The number of carboxylic acids is 1. The van der Waals surface area contributed by atoms with Gasteiger partial charge in [0.1, 0.15) is 11.4 Å². The number of aromatic nitrogens is 2. The van der Waals surface area contributed by atoms with E-state index in [-0.39, 0.29) is 11.4 Å². The van der Waals surface area contributed by atoms with Crippen LogP contribution in [0, 0.1) is 12.7 Å². The minimum atomic E-state index is -1.03. The van der Waals surface area contributed by atoms with E-state index in [2.05, 4.69) is 5.10 Å². The highest BCUT2D eigenvalue weighted by Gasteiger charge is 2.20. The number of hydrogen-bond acceptors (Lipinski definition) is 2. The number of hydrogen-bond donors (Lipinski definition) is 1. The summed E-state index contributed by atoms with van der Waals surface area (Å²) in [5, 5.41) is 13.2. The Hall–Kier alpha value is -2.17. The first-order valence-electron chi connectivity index (χ1n) is 5.03. The number of carboxylic acid groups (broad SMARTS) is 1. The van der Waals surface area contributed by atoms with Gasteiger partial charge in [0.25, 0.3) is 0 Å². The van der Waals surface area contributed by atoms with Crippen LogP contribution in [0.1, 0.15) is 16.1 Å². The minimum absolute atomic E-state index is 0.152. The third kappa shape index (κ3) is 1.91. The molecule has 1 heterocycles. The van der Waals surface area contributed by atoms with E-state index >= 15 is 0 Å². The second-order valence-corrected chi connectivity index (χ2v) is 3.74. The van der Waals surface area contributed by atoms with E-state index in [1.54, 1.807) is 14.0 Å². The molecule has 1 aromatic heterocycles. The van der Waals surface area contributed by atoms with Crippen LogP contribution in [-0.2, 0) is 7.05 Å². The molecule has 5 heteroatoms. The Balaban J connectivity index is 2.66. The van der Waals surface area contributed by atoms with E-state index in [0.29, 0.717) is 17.0 Å². The van der Waals surface area contributed by atoms with Gasteiger partial charge in [-0.25, -0.2) is 9.18 Å². The largest absolute Gasteiger partial charge is 0.478 e. The van der Waals surface area contributed by atoms with E-state index in [4.69, 9.17) is 5.11 Å². The summed E-state index contributed by atoms with van der Waals surface area (Å²) in [6.45, 7) is 1.64. The highest BCUT2D eigenvalue weighted by atomic mass is 19.1. The van der Waals surface area contributed by atoms with Crippen LogP contribution >= 0.6 is 0 Å². The summed E-state index contributed by atoms with van der Waals surface area (Å²) < 4.78 is 14.3. The molecule has 2 aromatic rings. The zero-order valence-electron chi connectivity index (χ0n) is 9.44. The van der Waals surface area contributed by atoms with Gasteiger partial charge in [0.05, 0.1) is 11.4 Å². The Morgan fingerprint density at radius 2 is 1.94 bits per heavy atom. The molecule has 0 radical (unpaired) electrons. The van der Waals surface area contributed by atoms with Crippen molar-refractivity contribution < 1.29 is 14.3 Å². The van der Waals surface area contributed by atoms with Crippen molar-refractivity contribution in [1.82, 2.24) is 9.78 Å². The van der Waals surface area contributed by atoms with Crippen molar-refractivity contribution in [1.29, 1.82) is 0 Å². The molecule has 0 amide bonds. The summed E-state index contributed by atoms with van der Waals surface area (Å²) in [4.78, 5) is 11.2. The smallest absolute Gasteiger partial charge is 0.339 e. The maximum atomic E-state index is 12.8. The fraction of sp³-hybridized carbons (Fsp3) is 0.167. The number of nitrogens with zero attached hydrogens (tertiary/aromatic N) is 2. The lowest BCUT2D eigenvalue weighted by atomic mass is 10.1. The fourth-order valence-electron chi connectivity index (χ4n) is 1.85. The fourth-order valence-corrected chi connectivity index (χ4v) is 1.85. The van der Waals surface area contributed by atoms with Crippen molar-refractivity contribution in [2.24, 2.45) is 7.05 Å². The molecule has 0 saturated carbocycles. The number of benzene rings is 1. The molecule has 1 aromatic carbocycles.